The molecule has 2 amide bonds. The van der Waals surface area contributed by atoms with E-state index in [0.29, 0.717) is 26.3 Å². The monoisotopic (exact) mass is 434 g/mol. The van der Waals surface area contributed by atoms with Crippen LogP contribution in [0.15, 0.2) is 48.5 Å². The summed E-state index contributed by atoms with van der Waals surface area (Å²) in [6.07, 6.45) is 5.36. The minimum absolute atomic E-state index is 0.0684. The van der Waals surface area contributed by atoms with E-state index >= 15 is 0 Å². The predicted molar refractivity (Wildman–Crippen MR) is 121 cm³/mol. The molecule has 0 atom stereocenters. The summed E-state index contributed by atoms with van der Waals surface area (Å²) >= 11 is 0. The van der Waals surface area contributed by atoms with Crippen LogP contribution >= 0.6 is 0 Å². The van der Waals surface area contributed by atoms with E-state index in [1.807, 2.05) is 53.4 Å². The summed E-state index contributed by atoms with van der Waals surface area (Å²) in [7, 11) is 0. The van der Waals surface area contributed by atoms with E-state index < -0.39 is 5.41 Å². The number of hydrogen-bond donors (Lipinski definition) is 1. The molecule has 2 heterocycles. The quantitative estimate of drug-likeness (QED) is 0.797. The number of carbonyl (C=O) groups is 2. The van der Waals surface area contributed by atoms with Crippen molar-refractivity contribution in [2.45, 2.75) is 50.0 Å². The second kappa shape index (κ2) is 8.85. The van der Waals surface area contributed by atoms with Gasteiger partial charge in [-0.1, -0.05) is 37.1 Å². The van der Waals surface area contributed by atoms with Gasteiger partial charge < -0.3 is 19.7 Å². The summed E-state index contributed by atoms with van der Waals surface area (Å²) < 4.78 is 11.4. The van der Waals surface area contributed by atoms with Crippen LogP contribution in [0.5, 0.6) is 11.5 Å². The average molecular weight is 435 g/mol. The van der Waals surface area contributed by atoms with Gasteiger partial charge in [-0.2, -0.15) is 0 Å². The molecule has 6 nitrogen and oxygen atoms in total. The number of benzene rings is 2. The number of fused-ring (bicyclic) bond motifs is 1. The predicted octanol–water partition coefficient (Wildman–Crippen LogP) is 3.69. The Morgan fingerprint density at radius 3 is 2.31 bits per heavy atom. The van der Waals surface area contributed by atoms with Crippen molar-refractivity contribution in [1.29, 1.82) is 0 Å². The van der Waals surface area contributed by atoms with Gasteiger partial charge in [-0.15, -0.1) is 0 Å². The molecule has 2 fully saturated rings. The standard InChI is InChI=1S/C26H30N2O4/c29-24(19-6-2-1-3-7-19)28-14-10-21(11-15-28)27-25(30)26(12-4-5-13-26)20-8-9-22-23(18-20)32-17-16-31-22/h1-3,6-9,18,21H,4-5,10-17H2,(H,27,30). The third kappa shape index (κ3) is 3.94. The van der Waals surface area contributed by atoms with Crippen LogP contribution in [-0.2, 0) is 10.2 Å². The van der Waals surface area contributed by atoms with Crippen molar-refractivity contribution in [2.75, 3.05) is 26.3 Å². The zero-order valence-electron chi connectivity index (χ0n) is 18.3. The summed E-state index contributed by atoms with van der Waals surface area (Å²) in [4.78, 5) is 28.2. The number of nitrogens with zero attached hydrogens (tertiary/aromatic N) is 1. The van der Waals surface area contributed by atoms with Gasteiger partial charge in [0, 0.05) is 24.7 Å². The second-order valence-corrected chi connectivity index (χ2v) is 9.05. The van der Waals surface area contributed by atoms with Gasteiger partial charge in [-0.25, -0.2) is 0 Å². The minimum atomic E-state index is -0.507. The van der Waals surface area contributed by atoms with E-state index in [-0.39, 0.29) is 17.9 Å². The summed E-state index contributed by atoms with van der Waals surface area (Å²) in [5.74, 6) is 1.67. The third-order valence-electron chi connectivity index (χ3n) is 7.12. The van der Waals surface area contributed by atoms with E-state index in [1.165, 1.54) is 0 Å². The second-order valence-electron chi connectivity index (χ2n) is 9.05. The topological polar surface area (TPSA) is 67.9 Å². The number of piperidine rings is 1. The Morgan fingerprint density at radius 2 is 1.59 bits per heavy atom. The van der Waals surface area contributed by atoms with Crippen LogP contribution in [0.3, 0.4) is 0 Å². The molecule has 0 unspecified atom stereocenters. The van der Waals surface area contributed by atoms with Gasteiger partial charge in [0.25, 0.3) is 5.91 Å². The Balaban J connectivity index is 1.25. The fourth-order valence-electron chi connectivity index (χ4n) is 5.28. The van der Waals surface area contributed by atoms with Crippen LogP contribution in [0.2, 0.25) is 0 Å². The molecular formula is C26H30N2O4. The summed E-state index contributed by atoms with van der Waals surface area (Å²) in [6, 6.07) is 15.5. The lowest BCUT2D eigenvalue weighted by atomic mass is 9.77. The molecule has 2 aliphatic heterocycles. The van der Waals surface area contributed by atoms with Gasteiger partial charge in [0.15, 0.2) is 11.5 Å². The van der Waals surface area contributed by atoms with Gasteiger partial charge in [0.2, 0.25) is 5.91 Å². The molecule has 0 bridgehead atoms. The maximum Gasteiger partial charge on any atom is 0.253 e. The fourth-order valence-corrected chi connectivity index (χ4v) is 5.28. The Morgan fingerprint density at radius 1 is 0.906 bits per heavy atom. The Kier molecular flexibility index (Phi) is 5.77. The number of amides is 2. The van der Waals surface area contributed by atoms with Gasteiger partial charge in [-0.05, 0) is 55.5 Å². The molecule has 5 rings (SSSR count). The summed E-state index contributed by atoms with van der Waals surface area (Å²) in [5, 5.41) is 3.33. The van der Waals surface area contributed by atoms with Crippen LogP contribution in [-0.4, -0.2) is 49.1 Å². The summed E-state index contributed by atoms with van der Waals surface area (Å²) in [5.41, 5.74) is 1.24. The molecule has 1 N–H and O–H groups in total. The Labute approximate surface area is 188 Å². The molecule has 6 heteroatoms. The van der Waals surface area contributed by atoms with E-state index in [4.69, 9.17) is 9.47 Å². The van der Waals surface area contributed by atoms with Crippen molar-refractivity contribution in [3.63, 3.8) is 0 Å². The van der Waals surface area contributed by atoms with Crippen molar-refractivity contribution in [3.8, 4) is 11.5 Å². The molecule has 32 heavy (non-hydrogen) atoms. The van der Waals surface area contributed by atoms with Crippen LogP contribution in [0, 0.1) is 0 Å². The zero-order valence-corrected chi connectivity index (χ0v) is 18.3. The van der Waals surface area contributed by atoms with E-state index in [2.05, 4.69) is 5.32 Å². The molecule has 2 aromatic rings. The van der Waals surface area contributed by atoms with Gasteiger partial charge in [-0.3, -0.25) is 9.59 Å². The number of ether oxygens (including phenoxy) is 2. The molecule has 0 spiro atoms. The van der Waals surface area contributed by atoms with Crippen LogP contribution in [0.1, 0.15) is 54.4 Å². The highest BCUT2D eigenvalue weighted by Gasteiger charge is 2.44. The summed E-state index contributed by atoms with van der Waals surface area (Å²) in [6.45, 7) is 2.42. The highest BCUT2D eigenvalue weighted by molar-refractivity contribution is 5.94. The van der Waals surface area contributed by atoms with Gasteiger partial charge in [0.1, 0.15) is 13.2 Å². The smallest absolute Gasteiger partial charge is 0.253 e. The Hall–Kier alpha value is -3.02. The lowest BCUT2D eigenvalue weighted by Crippen LogP contribution is -2.51. The molecular weight excluding hydrogens is 404 g/mol. The zero-order chi connectivity index (χ0) is 22.0. The molecule has 1 saturated heterocycles. The number of hydrogen-bond acceptors (Lipinski definition) is 4. The minimum Gasteiger partial charge on any atom is -0.486 e. The third-order valence-corrected chi connectivity index (χ3v) is 7.12. The largest absolute Gasteiger partial charge is 0.486 e. The van der Waals surface area contributed by atoms with E-state index in [0.717, 1.165) is 61.2 Å². The maximum atomic E-state index is 13.6. The number of rotatable bonds is 4. The van der Waals surface area contributed by atoms with Crippen molar-refractivity contribution in [2.24, 2.45) is 0 Å². The van der Waals surface area contributed by atoms with Crippen molar-refractivity contribution in [3.05, 3.63) is 59.7 Å². The normalized spacial score (nSPS) is 20.1. The first-order valence-corrected chi connectivity index (χ1v) is 11.7. The number of nitrogens with one attached hydrogen (secondary N) is 1. The molecule has 1 saturated carbocycles. The molecule has 1 aliphatic carbocycles. The molecule has 2 aromatic carbocycles. The van der Waals surface area contributed by atoms with Gasteiger partial charge in [0.05, 0.1) is 5.41 Å². The fraction of sp³-hybridized carbons (Fsp3) is 0.462. The maximum absolute atomic E-state index is 13.6. The average Bonchev–Trinajstić information content (AvgIpc) is 3.36. The SMILES string of the molecule is O=C(c1ccccc1)N1CCC(NC(=O)C2(c3ccc4c(c3)OCCO4)CCCC2)CC1. The first kappa shape index (κ1) is 20.9. The molecule has 0 radical (unpaired) electrons. The number of carbonyl (C=O) groups excluding carboxylic acids is 2. The van der Waals surface area contributed by atoms with E-state index in [1.54, 1.807) is 0 Å². The highest BCUT2D eigenvalue weighted by atomic mass is 16.6. The Bertz CT molecular complexity index is 977. The van der Waals surface area contributed by atoms with Crippen molar-refractivity contribution >= 4 is 11.8 Å². The lowest BCUT2D eigenvalue weighted by molar-refractivity contribution is -0.127. The van der Waals surface area contributed by atoms with E-state index in [9.17, 15) is 9.59 Å². The van der Waals surface area contributed by atoms with Gasteiger partial charge >= 0.3 is 0 Å². The number of likely N-dealkylation sites (tertiary alicyclic amines) is 1. The van der Waals surface area contributed by atoms with Crippen LogP contribution < -0.4 is 14.8 Å². The molecule has 168 valence electrons. The first-order valence-electron chi connectivity index (χ1n) is 11.7. The van der Waals surface area contributed by atoms with Crippen LogP contribution in [0.4, 0.5) is 0 Å². The highest BCUT2D eigenvalue weighted by Crippen LogP contribution is 2.44. The molecule has 3 aliphatic rings. The lowest BCUT2D eigenvalue weighted by Gasteiger charge is -2.36. The van der Waals surface area contributed by atoms with Crippen molar-refractivity contribution < 1.29 is 19.1 Å². The molecule has 0 aromatic heterocycles. The van der Waals surface area contributed by atoms with Crippen molar-refractivity contribution in [1.82, 2.24) is 10.2 Å². The first-order chi connectivity index (χ1) is 15.7. The van der Waals surface area contributed by atoms with Crippen LogP contribution in [0.25, 0.3) is 0 Å².